The Balaban J connectivity index is 2.30. The van der Waals surface area contributed by atoms with Crippen LogP contribution in [-0.2, 0) is 0 Å². The number of benzene rings is 1. The topological polar surface area (TPSA) is 89.8 Å². The zero-order valence-electron chi connectivity index (χ0n) is 12.8. The average Bonchev–Trinajstić information content (AvgIpc) is 2.50. The third-order valence-electron chi connectivity index (χ3n) is 2.75. The minimum absolute atomic E-state index is 0.0594. The number of nitrogens with two attached hydrogens (primary N) is 2. The van der Waals surface area contributed by atoms with Crippen molar-refractivity contribution in [3.8, 4) is 0 Å². The van der Waals surface area contributed by atoms with E-state index < -0.39 is 11.6 Å². The van der Waals surface area contributed by atoms with Crippen molar-refractivity contribution in [3.05, 3.63) is 70.9 Å². The van der Waals surface area contributed by atoms with Gasteiger partial charge in [0.2, 0.25) is 5.95 Å². The number of hydrogen-bond donors (Lipinski definition) is 3. The number of halogens is 3. The molecule has 1 aromatic heterocycles. The van der Waals surface area contributed by atoms with Crippen molar-refractivity contribution >= 4 is 40.8 Å². The Labute approximate surface area is 152 Å². The summed E-state index contributed by atoms with van der Waals surface area (Å²) in [7, 11) is 0. The molecule has 1 heterocycles. The first kappa shape index (κ1) is 18.8. The molecule has 0 bridgehead atoms. The quantitative estimate of drug-likeness (QED) is 0.391. The summed E-state index contributed by atoms with van der Waals surface area (Å²) in [5, 5.41) is 2.84. The van der Waals surface area contributed by atoms with E-state index in [9.17, 15) is 8.78 Å². The van der Waals surface area contributed by atoms with Gasteiger partial charge in [-0.2, -0.15) is 4.98 Å². The van der Waals surface area contributed by atoms with E-state index in [1.807, 2.05) is 0 Å². The maximum absolute atomic E-state index is 14.3. The smallest absolute Gasteiger partial charge is 0.223 e. The Morgan fingerprint density at radius 1 is 1.24 bits per heavy atom. The van der Waals surface area contributed by atoms with E-state index in [1.165, 1.54) is 24.4 Å². The summed E-state index contributed by atoms with van der Waals surface area (Å²) in [4.78, 5) is 7.95. The molecule has 25 heavy (non-hydrogen) atoms. The summed E-state index contributed by atoms with van der Waals surface area (Å²) in [6.45, 7) is 3.55. The predicted octanol–water partition coefficient (Wildman–Crippen LogP) is 4.37. The molecular formula is C16H14ClF2N5S. The molecule has 1 aromatic carbocycles. The summed E-state index contributed by atoms with van der Waals surface area (Å²) >= 11 is 6.66. The highest BCUT2D eigenvalue weighted by atomic mass is 35.5. The highest BCUT2D eigenvalue weighted by Gasteiger charge is 2.14. The van der Waals surface area contributed by atoms with Gasteiger partial charge in [-0.05, 0) is 30.5 Å². The van der Waals surface area contributed by atoms with E-state index in [0.29, 0.717) is 4.91 Å². The maximum Gasteiger partial charge on any atom is 0.223 e. The van der Waals surface area contributed by atoms with Gasteiger partial charge in [0.1, 0.15) is 22.6 Å². The number of nitrogens with one attached hydrogen (secondary N) is 1. The lowest BCUT2D eigenvalue weighted by Crippen LogP contribution is -2.01. The number of hydrogen-bond acceptors (Lipinski definition) is 6. The van der Waals surface area contributed by atoms with Crippen molar-refractivity contribution in [2.45, 2.75) is 4.90 Å². The van der Waals surface area contributed by atoms with Crippen LogP contribution in [-0.4, -0.2) is 9.97 Å². The monoisotopic (exact) mass is 381 g/mol. The van der Waals surface area contributed by atoms with Crippen LogP contribution < -0.4 is 16.8 Å². The number of nitrogen functional groups attached to an aromatic ring is 1. The predicted molar refractivity (Wildman–Crippen MR) is 98.6 cm³/mol. The first-order chi connectivity index (χ1) is 11.9. The first-order valence-corrected chi connectivity index (χ1v) is 8.07. The van der Waals surface area contributed by atoms with E-state index in [0.717, 1.165) is 23.9 Å². The van der Waals surface area contributed by atoms with Gasteiger partial charge in [0, 0.05) is 16.7 Å². The van der Waals surface area contributed by atoms with E-state index in [1.54, 1.807) is 6.08 Å². The van der Waals surface area contributed by atoms with Crippen LogP contribution in [0.25, 0.3) is 0 Å². The lowest BCUT2D eigenvalue weighted by molar-refractivity contribution is 0.542. The summed E-state index contributed by atoms with van der Waals surface area (Å²) in [6, 6.07) is 3.65. The van der Waals surface area contributed by atoms with Gasteiger partial charge in [-0.3, -0.25) is 0 Å². The number of rotatable bonds is 6. The number of thioether (sulfide) groups is 1. The summed E-state index contributed by atoms with van der Waals surface area (Å²) in [5.74, 6) is -1.34. The van der Waals surface area contributed by atoms with Gasteiger partial charge in [0.05, 0.1) is 4.90 Å². The molecule has 0 aliphatic heterocycles. The molecule has 0 fully saturated rings. The minimum Gasteiger partial charge on any atom is -0.405 e. The molecule has 0 aliphatic rings. The largest absolute Gasteiger partial charge is 0.405 e. The van der Waals surface area contributed by atoms with Crippen molar-refractivity contribution < 1.29 is 8.78 Å². The zero-order valence-corrected chi connectivity index (χ0v) is 14.4. The van der Waals surface area contributed by atoms with E-state index >= 15 is 0 Å². The first-order valence-electron chi connectivity index (χ1n) is 6.88. The van der Waals surface area contributed by atoms with Crippen LogP contribution in [0.1, 0.15) is 0 Å². The standard InChI is InChI=1S/C16H14ClF2N5S/c1-2-3-10(4-5-20)25-15-11(18)6-9(7-12(15)19)22-14-8-13(17)23-16(21)24-14/h2-8H,1,20H2,(H3,21,22,23,24)/b5-4-,10-3+. The summed E-state index contributed by atoms with van der Waals surface area (Å²) in [5.41, 5.74) is 11.0. The second kappa shape index (κ2) is 8.50. The molecule has 5 N–H and O–H groups in total. The van der Waals surface area contributed by atoms with Crippen LogP contribution in [0.15, 0.2) is 59.0 Å². The molecule has 0 unspecified atom stereocenters. The molecule has 2 aromatic rings. The molecule has 0 radical (unpaired) electrons. The van der Waals surface area contributed by atoms with E-state index in [-0.39, 0.29) is 27.5 Å². The van der Waals surface area contributed by atoms with Crippen LogP contribution in [0.4, 0.5) is 26.2 Å². The average molecular weight is 382 g/mol. The molecule has 0 spiro atoms. The molecule has 0 amide bonds. The van der Waals surface area contributed by atoms with Gasteiger partial charge in [-0.15, -0.1) is 0 Å². The molecule has 2 rings (SSSR count). The van der Waals surface area contributed by atoms with Gasteiger partial charge in [-0.1, -0.05) is 36.0 Å². The third kappa shape index (κ3) is 5.20. The highest BCUT2D eigenvalue weighted by Crippen LogP contribution is 2.34. The van der Waals surface area contributed by atoms with Gasteiger partial charge in [0.15, 0.2) is 0 Å². The number of allylic oxidation sites excluding steroid dienone is 3. The fourth-order valence-electron chi connectivity index (χ4n) is 1.83. The Kier molecular flexibility index (Phi) is 6.37. The second-order valence-electron chi connectivity index (χ2n) is 4.59. The van der Waals surface area contributed by atoms with Crippen LogP contribution in [0.2, 0.25) is 5.15 Å². The van der Waals surface area contributed by atoms with Crippen LogP contribution in [0.3, 0.4) is 0 Å². The van der Waals surface area contributed by atoms with Crippen molar-refractivity contribution in [2.24, 2.45) is 5.73 Å². The van der Waals surface area contributed by atoms with Crippen molar-refractivity contribution in [2.75, 3.05) is 11.1 Å². The third-order valence-corrected chi connectivity index (χ3v) is 4.04. The molecule has 9 heteroatoms. The molecular weight excluding hydrogens is 368 g/mol. The fourth-order valence-corrected chi connectivity index (χ4v) is 2.88. The van der Waals surface area contributed by atoms with E-state index in [4.69, 9.17) is 23.1 Å². The molecule has 0 aliphatic carbocycles. The van der Waals surface area contributed by atoms with Gasteiger partial charge < -0.3 is 16.8 Å². The maximum atomic E-state index is 14.3. The lowest BCUT2D eigenvalue weighted by Gasteiger charge is -2.10. The van der Waals surface area contributed by atoms with Crippen molar-refractivity contribution in [1.82, 2.24) is 9.97 Å². The van der Waals surface area contributed by atoms with Gasteiger partial charge in [-0.25, -0.2) is 13.8 Å². The summed E-state index contributed by atoms with van der Waals surface area (Å²) < 4.78 is 28.6. The zero-order chi connectivity index (χ0) is 18.4. The molecule has 0 atom stereocenters. The Morgan fingerprint density at radius 3 is 2.48 bits per heavy atom. The molecule has 0 saturated carbocycles. The van der Waals surface area contributed by atoms with Gasteiger partial charge >= 0.3 is 0 Å². The lowest BCUT2D eigenvalue weighted by atomic mass is 10.3. The Bertz CT molecular complexity index is 811. The fraction of sp³-hybridized carbons (Fsp3) is 0. The molecule has 5 nitrogen and oxygen atoms in total. The SMILES string of the molecule is C=C/C=C(\C=C/N)Sc1c(F)cc(Nc2cc(Cl)nc(N)n2)cc1F. The molecule has 130 valence electrons. The van der Waals surface area contributed by atoms with Crippen molar-refractivity contribution in [3.63, 3.8) is 0 Å². The van der Waals surface area contributed by atoms with Crippen molar-refractivity contribution in [1.29, 1.82) is 0 Å². The normalized spacial score (nSPS) is 11.7. The number of nitrogens with zero attached hydrogens (tertiary/aromatic N) is 2. The second-order valence-corrected chi connectivity index (χ2v) is 6.07. The Morgan fingerprint density at radius 2 is 1.92 bits per heavy atom. The van der Waals surface area contributed by atoms with Crippen LogP contribution in [0, 0.1) is 11.6 Å². The van der Waals surface area contributed by atoms with Crippen LogP contribution >= 0.6 is 23.4 Å². The Hall–Kier alpha value is -2.58. The highest BCUT2D eigenvalue weighted by molar-refractivity contribution is 8.03. The molecule has 0 saturated heterocycles. The van der Waals surface area contributed by atoms with Crippen LogP contribution in [0.5, 0.6) is 0 Å². The number of aromatic nitrogens is 2. The van der Waals surface area contributed by atoms with Gasteiger partial charge in [0.25, 0.3) is 0 Å². The number of anilines is 3. The minimum atomic E-state index is -0.749. The van der Waals surface area contributed by atoms with E-state index in [2.05, 4.69) is 21.9 Å². The summed E-state index contributed by atoms with van der Waals surface area (Å²) in [6.07, 6.45) is 5.88.